The number of aromatic nitrogens is 2. The summed E-state index contributed by atoms with van der Waals surface area (Å²) in [7, 11) is 0. The number of fused-ring (bicyclic) bond motifs is 1. The van der Waals surface area contributed by atoms with Crippen molar-refractivity contribution in [2.45, 2.75) is 71.6 Å². The highest BCUT2D eigenvalue weighted by molar-refractivity contribution is 5.83. The number of hydrogen-bond donors (Lipinski definition) is 2. The number of ether oxygens (including phenoxy) is 2. The predicted molar refractivity (Wildman–Crippen MR) is 149 cm³/mol. The molecular formula is C31H36N2O5. The Hall–Kier alpha value is -4.00. The zero-order valence-corrected chi connectivity index (χ0v) is 22.7. The van der Waals surface area contributed by atoms with Crippen molar-refractivity contribution in [3.8, 4) is 11.6 Å². The van der Waals surface area contributed by atoms with Gasteiger partial charge in [0, 0.05) is 0 Å². The molecule has 7 nitrogen and oxygen atoms in total. The molecule has 1 heterocycles. The topological polar surface area (TPSA) is 93.5 Å². The Morgan fingerprint density at radius 3 is 2.24 bits per heavy atom. The molecule has 2 N–H and O–H groups in total. The number of H-pyrrole nitrogens is 1. The van der Waals surface area contributed by atoms with E-state index in [0.29, 0.717) is 24.4 Å². The first-order chi connectivity index (χ1) is 17.9. The van der Waals surface area contributed by atoms with Crippen LogP contribution in [0.15, 0.2) is 71.5 Å². The van der Waals surface area contributed by atoms with E-state index in [4.69, 9.17) is 9.47 Å². The number of rotatable bonds is 9. The highest BCUT2D eigenvalue weighted by Gasteiger charge is 2.34. The molecule has 0 aliphatic heterocycles. The van der Waals surface area contributed by atoms with Crippen molar-refractivity contribution in [3.63, 3.8) is 0 Å². The summed E-state index contributed by atoms with van der Waals surface area (Å²) in [5.41, 5.74) is 0.555. The lowest BCUT2D eigenvalue weighted by atomic mass is 10.1. The first-order valence-corrected chi connectivity index (χ1v) is 12.9. The molecule has 0 fully saturated rings. The SMILES string of the molecule is CC(C)(C)OC(=O)C(C)(C)Oc1ccc(CCCc2[nH]c(=O)n(Cc3ccc4ccccc4c3)c2O)cc1. The van der Waals surface area contributed by atoms with Gasteiger partial charge in [0.25, 0.3) is 0 Å². The second-order valence-corrected chi connectivity index (χ2v) is 11.1. The van der Waals surface area contributed by atoms with Crippen molar-refractivity contribution < 1.29 is 19.4 Å². The Balaban J connectivity index is 1.33. The lowest BCUT2D eigenvalue weighted by molar-refractivity contribution is -0.170. The average molecular weight is 517 g/mol. The maximum Gasteiger partial charge on any atom is 0.350 e. The van der Waals surface area contributed by atoms with Gasteiger partial charge >= 0.3 is 11.7 Å². The Kier molecular flexibility index (Phi) is 7.67. The zero-order chi connectivity index (χ0) is 27.5. The Labute approximate surface area is 223 Å². The summed E-state index contributed by atoms with van der Waals surface area (Å²) in [6.07, 6.45) is 2.04. The highest BCUT2D eigenvalue weighted by atomic mass is 16.6. The van der Waals surface area contributed by atoms with Crippen molar-refractivity contribution in [2.75, 3.05) is 0 Å². The molecule has 38 heavy (non-hydrogen) atoms. The molecular weight excluding hydrogens is 480 g/mol. The van der Waals surface area contributed by atoms with Crippen LogP contribution in [-0.4, -0.2) is 31.8 Å². The molecule has 7 heteroatoms. The third-order valence-electron chi connectivity index (χ3n) is 6.26. The minimum atomic E-state index is -1.11. The van der Waals surface area contributed by atoms with Gasteiger partial charge in [0.15, 0.2) is 5.60 Å². The van der Waals surface area contributed by atoms with Gasteiger partial charge in [-0.3, -0.25) is 4.57 Å². The second-order valence-electron chi connectivity index (χ2n) is 11.1. The molecule has 200 valence electrons. The standard InChI is InChI=1S/C31H36N2O5/c1-30(2,3)38-28(35)31(4,5)37-25-17-14-21(15-18-25)9-8-12-26-27(34)33(29(36)32-26)20-22-13-16-23-10-6-7-11-24(23)19-22/h6-7,10-11,13-19,34H,8-9,12,20H2,1-5H3,(H,32,36). The summed E-state index contributed by atoms with van der Waals surface area (Å²) in [6, 6.07) is 21.7. The van der Waals surface area contributed by atoms with Crippen LogP contribution in [0.25, 0.3) is 10.8 Å². The number of imidazole rings is 1. The predicted octanol–water partition coefficient (Wildman–Crippen LogP) is 5.76. The van der Waals surface area contributed by atoms with Crippen molar-refractivity contribution >= 4 is 16.7 Å². The molecule has 0 saturated heterocycles. The fraction of sp³-hybridized carbons (Fsp3) is 0.355. The van der Waals surface area contributed by atoms with Crippen LogP contribution in [0.1, 0.15) is 57.9 Å². The molecule has 0 aliphatic rings. The molecule has 0 saturated carbocycles. The molecule has 4 aromatic rings. The van der Waals surface area contributed by atoms with Crippen molar-refractivity contribution in [1.29, 1.82) is 0 Å². The highest BCUT2D eigenvalue weighted by Crippen LogP contribution is 2.24. The molecule has 0 unspecified atom stereocenters. The molecule has 0 amide bonds. The number of nitrogens with zero attached hydrogens (tertiary/aromatic N) is 1. The van der Waals surface area contributed by atoms with Crippen LogP contribution >= 0.6 is 0 Å². The van der Waals surface area contributed by atoms with Crippen LogP contribution in [0.3, 0.4) is 0 Å². The quantitative estimate of drug-likeness (QED) is 0.276. The van der Waals surface area contributed by atoms with Crippen LogP contribution in [-0.2, 0) is 28.9 Å². The first kappa shape index (κ1) is 27.0. The van der Waals surface area contributed by atoms with Crippen LogP contribution in [0.5, 0.6) is 11.6 Å². The van der Waals surface area contributed by atoms with Gasteiger partial charge < -0.3 is 19.6 Å². The van der Waals surface area contributed by atoms with Crippen molar-refractivity contribution in [3.05, 3.63) is 94.0 Å². The van der Waals surface area contributed by atoms with E-state index >= 15 is 0 Å². The summed E-state index contributed by atoms with van der Waals surface area (Å²) >= 11 is 0. The number of carbonyl (C=O) groups is 1. The number of hydrogen-bond acceptors (Lipinski definition) is 5. The van der Waals surface area contributed by atoms with Gasteiger partial charge in [0.1, 0.15) is 11.4 Å². The van der Waals surface area contributed by atoms with E-state index in [1.165, 1.54) is 4.57 Å². The lowest BCUT2D eigenvalue weighted by Gasteiger charge is -2.29. The lowest BCUT2D eigenvalue weighted by Crippen LogP contribution is -2.43. The normalized spacial score (nSPS) is 12.0. The second kappa shape index (κ2) is 10.8. The third-order valence-corrected chi connectivity index (χ3v) is 6.26. The van der Waals surface area contributed by atoms with E-state index in [1.807, 2.05) is 87.5 Å². The third kappa shape index (κ3) is 6.65. The van der Waals surface area contributed by atoms with Crippen LogP contribution in [0.2, 0.25) is 0 Å². The van der Waals surface area contributed by atoms with Gasteiger partial charge in [-0.15, -0.1) is 0 Å². The number of esters is 1. The molecule has 0 radical (unpaired) electrons. The summed E-state index contributed by atoms with van der Waals surface area (Å²) in [5.74, 6) is 0.143. The Morgan fingerprint density at radius 2 is 1.55 bits per heavy atom. The summed E-state index contributed by atoms with van der Waals surface area (Å²) in [4.78, 5) is 27.8. The number of carbonyl (C=O) groups excluding carboxylic acids is 1. The van der Waals surface area contributed by atoms with Gasteiger partial charge in [-0.05, 0) is 94.0 Å². The number of aryl methyl sites for hydroxylation is 2. The minimum Gasteiger partial charge on any atom is -0.493 e. The van der Waals surface area contributed by atoms with E-state index < -0.39 is 17.2 Å². The fourth-order valence-electron chi connectivity index (χ4n) is 4.28. The van der Waals surface area contributed by atoms with Gasteiger partial charge in [0.2, 0.25) is 5.88 Å². The zero-order valence-electron chi connectivity index (χ0n) is 22.7. The molecule has 0 aliphatic carbocycles. The average Bonchev–Trinajstić information content (AvgIpc) is 3.11. The van der Waals surface area contributed by atoms with E-state index in [0.717, 1.165) is 34.7 Å². The number of aromatic amines is 1. The van der Waals surface area contributed by atoms with E-state index in [2.05, 4.69) is 4.98 Å². The summed E-state index contributed by atoms with van der Waals surface area (Å²) < 4.78 is 12.7. The molecule has 3 aromatic carbocycles. The summed E-state index contributed by atoms with van der Waals surface area (Å²) in [5, 5.41) is 12.9. The van der Waals surface area contributed by atoms with Crippen molar-refractivity contribution in [1.82, 2.24) is 9.55 Å². The number of nitrogens with one attached hydrogen (secondary N) is 1. The monoisotopic (exact) mass is 516 g/mol. The Bertz CT molecular complexity index is 1470. The smallest absolute Gasteiger partial charge is 0.350 e. The van der Waals surface area contributed by atoms with Crippen LogP contribution in [0.4, 0.5) is 0 Å². The van der Waals surface area contributed by atoms with Gasteiger partial charge in [0.05, 0.1) is 12.2 Å². The number of aromatic hydroxyl groups is 1. The maximum absolute atomic E-state index is 12.5. The minimum absolute atomic E-state index is 0.0173. The van der Waals surface area contributed by atoms with Gasteiger partial charge in [-0.2, -0.15) is 0 Å². The molecule has 0 spiro atoms. The number of benzene rings is 3. The molecule has 1 aromatic heterocycles. The van der Waals surface area contributed by atoms with Crippen LogP contribution in [0, 0.1) is 0 Å². The van der Waals surface area contributed by atoms with Crippen LogP contribution < -0.4 is 10.4 Å². The van der Waals surface area contributed by atoms with E-state index in [9.17, 15) is 14.7 Å². The van der Waals surface area contributed by atoms with Gasteiger partial charge in [-0.1, -0.05) is 48.5 Å². The molecule has 0 atom stereocenters. The van der Waals surface area contributed by atoms with E-state index in [-0.39, 0.29) is 11.6 Å². The molecule has 0 bridgehead atoms. The van der Waals surface area contributed by atoms with Gasteiger partial charge in [-0.25, -0.2) is 9.59 Å². The maximum atomic E-state index is 12.5. The molecule has 4 rings (SSSR count). The summed E-state index contributed by atoms with van der Waals surface area (Å²) in [6.45, 7) is 9.15. The Morgan fingerprint density at radius 1 is 0.895 bits per heavy atom. The first-order valence-electron chi connectivity index (χ1n) is 12.9. The van der Waals surface area contributed by atoms with E-state index in [1.54, 1.807) is 13.8 Å². The van der Waals surface area contributed by atoms with Crippen molar-refractivity contribution in [2.24, 2.45) is 0 Å². The largest absolute Gasteiger partial charge is 0.493 e. The fourth-order valence-corrected chi connectivity index (χ4v) is 4.28.